The van der Waals surface area contributed by atoms with Gasteiger partial charge < -0.3 is 5.32 Å². The number of aromatic nitrogens is 2. The molecule has 25 heavy (non-hydrogen) atoms. The van der Waals surface area contributed by atoms with Crippen LogP contribution < -0.4 is 5.32 Å². The molecule has 0 saturated carbocycles. The molecule has 0 aliphatic heterocycles. The minimum absolute atomic E-state index is 0.0846. The zero-order valence-corrected chi connectivity index (χ0v) is 15.9. The molecular formula is C20H20BrN3O. The van der Waals surface area contributed by atoms with E-state index in [0.717, 1.165) is 33.5 Å². The Labute approximate surface area is 156 Å². The fourth-order valence-electron chi connectivity index (χ4n) is 2.77. The van der Waals surface area contributed by atoms with E-state index in [1.165, 1.54) is 5.56 Å². The number of halogens is 1. The number of anilines is 1. The lowest BCUT2D eigenvalue weighted by atomic mass is 10.0. The number of nitrogens with one attached hydrogen (secondary N) is 1. The second-order valence-electron chi connectivity index (χ2n) is 6.01. The van der Waals surface area contributed by atoms with Crippen LogP contribution in [0.5, 0.6) is 0 Å². The van der Waals surface area contributed by atoms with E-state index in [2.05, 4.69) is 38.5 Å². The van der Waals surface area contributed by atoms with Crippen molar-refractivity contribution in [2.24, 2.45) is 0 Å². The molecule has 0 aliphatic carbocycles. The Bertz CT molecular complexity index is 887. The summed E-state index contributed by atoms with van der Waals surface area (Å²) >= 11 is 3.49. The predicted molar refractivity (Wildman–Crippen MR) is 104 cm³/mol. The predicted octanol–water partition coefficient (Wildman–Crippen LogP) is 4.49. The molecule has 0 radical (unpaired) electrons. The molecule has 2 aromatic carbocycles. The van der Waals surface area contributed by atoms with Gasteiger partial charge in [-0.2, -0.15) is 5.10 Å². The molecule has 1 N–H and O–H groups in total. The number of nitrogens with zero attached hydrogens (tertiary/aromatic N) is 2. The standard InChI is InChI=1S/C20H20BrN3O/c1-14-20(21)15(2)24(23-14)13-19(25)22-18-11-7-6-10-17(18)12-16-8-4-3-5-9-16/h3-11H,12-13H2,1-2H3,(H,22,25). The Hall–Kier alpha value is -2.40. The quantitative estimate of drug-likeness (QED) is 0.688. The first-order valence-electron chi connectivity index (χ1n) is 8.16. The molecule has 3 aromatic rings. The molecule has 1 aromatic heterocycles. The molecule has 0 atom stereocenters. The smallest absolute Gasteiger partial charge is 0.246 e. The summed E-state index contributed by atoms with van der Waals surface area (Å²) in [4.78, 5) is 12.5. The summed E-state index contributed by atoms with van der Waals surface area (Å²) in [5.74, 6) is -0.0846. The van der Waals surface area contributed by atoms with E-state index in [1.807, 2.05) is 56.3 Å². The Balaban J connectivity index is 1.74. The number of benzene rings is 2. The van der Waals surface area contributed by atoms with Gasteiger partial charge in [-0.3, -0.25) is 9.48 Å². The maximum atomic E-state index is 12.5. The summed E-state index contributed by atoms with van der Waals surface area (Å²) in [7, 11) is 0. The molecule has 0 spiro atoms. The summed E-state index contributed by atoms with van der Waals surface area (Å²) in [5.41, 5.74) is 4.99. The molecule has 0 bridgehead atoms. The summed E-state index contributed by atoms with van der Waals surface area (Å²) in [6.07, 6.45) is 0.781. The molecule has 3 rings (SSSR count). The van der Waals surface area contributed by atoms with Crippen molar-refractivity contribution in [2.75, 3.05) is 5.32 Å². The van der Waals surface area contributed by atoms with Gasteiger partial charge in [-0.05, 0) is 53.4 Å². The van der Waals surface area contributed by atoms with Gasteiger partial charge in [0.05, 0.1) is 15.9 Å². The fourth-order valence-corrected chi connectivity index (χ4v) is 3.05. The van der Waals surface area contributed by atoms with Gasteiger partial charge in [-0.1, -0.05) is 48.5 Å². The van der Waals surface area contributed by atoms with Crippen LogP contribution in [-0.4, -0.2) is 15.7 Å². The number of para-hydroxylation sites is 1. The first-order valence-corrected chi connectivity index (χ1v) is 8.95. The van der Waals surface area contributed by atoms with Crippen LogP contribution in [0, 0.1) is 13.8 Å². The molecule has 0 fully saturated rings. The van der Waals surface area contributed by atoms with Crippen molar-refractivity contribution in [1.82, 2.24) is 9.78 Å². The Kier molecular flexibility index (Phi) is 5.34. The normalized spacial score (nSPS) is 10.7. The van der Waals surface area contributed by atoms with Crippen molar-refractivity contribution < 1.29 is 4.79 Å². The highest BCUT2D eigenvalue weighted by Crippen LogP contribution is 2.21. The highest BCUT2D eigenvalue weighted by molar-refractivity contribution is 9.10. The molecule has 1 heterocycles. The first kappa shape index (κ1) is 17.4. The lowest BCUT2D eigenvalue weighted by Gasteiger charge is -2.12. The van der Waals surface area contributed by atoms with E-state index in [9.17, 15) is 4.79 Å². The summed E-state index contributed by atoms with van der Waals surface area (Å²) in [5, 5.41) is 7.41. The van der Waals surface area contributed by atoms with Crippen LogP contribution in [-0.2, 0) is 17.8 Å². The number of amides is 1. The van der Waals surface area contributed by atoms with Crippen LogP contribution in [0.1, 0.15) is 22.5 Å². The van der Waals surface area contributed by atoms with Gasteiger partial charge in [-0.25, -0.2) is 0 Å². The number of hydrogen-bond donors (Lipinski definition) is 1. The highest BCUT2D eigenvalue weighted by atomic mass is 79.9. The highest BCUT2D eigenvalue weighted by Gasteiger charge is 2.13. The third-order valence-electron chi connectivity index (χ3n) is 4.12. The van der Waals surface area contributed by atoms with Crippen molar-refractivity contribution in [2.45, 2.75) is 26.8 Å². The van der Waals surface area contributed by atoms with Crippen LogP contribution >= 0.6 is 15.9 Å². The summed E-state index contributed by atoms with van der Waals surface area (Å²) in [6, 6.07) is 18.1. The Morgan fingerprint density at radius 1 is 1.08 bits per heavy atom. The van der Waals surface area contributed by atoms with E-state index in [4.69, 9.17) is 0 Å². The first-order chi connectivity index (χ1) is 12.0. The van der Waals surface area contributed by atoms with Gasteiger partial charge in [0.15, 0.2) is 0 Å². The van der Waals surface area contributed by atoms with Crippen molar-refractivity contribution in [3.8, 4) is 0 Å². The van der Waals surface area contributed by atoms with Crippen molar-refractivity contribution in [3.63, 3.8) is 0 Å². The number of hydrogen-bond acceptors (Lipinski definition) is 2. The van der Waals surface area contributed by atoms with E-state index < -0.39 is 0 Å². The SMILES string of the molecule is Cc1nn(CC(=O)Nc2ccccc2Cc2ccccc2)c(C)c1Br. The molecule has 0 unspecified atom stereocenters. The average molecular weight is 398 g/mol. The fraction of sp³-hybridized carbons (Fsp3) is 0.200. The van der Waals surface area contributed by atoms with Crippen LogP contribution in [0.15, 0.2) is 59.1 Å². The second-order valence-corrected chi connectivity index (χ2v) is 6.80. The lowest BCUT2D eigenvalue weighted by Crippen LogP contribution is -2.21. The van der Waals surface area contributed by atoms with E-state index in [0.29, 0.717) is 0 Å². The topological polar surface area (TPSA) is 46.9 Å². The largest absolute Gasteiger partial charge is 0.324 e. The molecule has 128 valence electrons. The van der Waals surface area contributed by atoms with Gasteiger partial charge in [0.25, 0.3) is 0 Å². The molecule has 0 saturated heterocycles. The van der Waals surface area contributed by atoms with E-state index in [-0.39, 0.29) is 12.5 Å². The van der Waals surface area contributed by atoms with Gasteiger partial charge >= 0.3 is 0 Å². The van der Waals surface area contributed by atoms with Crippen molar-refractivity contribution in [3.05, 3.63) is 81.6 Å². The zero-order valence-electron chi connectivity index (χ0n) is 14.3. The minimum atomic E-state index is -0.0846. The van der Waals surface area contributed by atoms with Crippen LogP contribution in [0.25, 0.3) is 0 Å². The van der Waals surface area contributed by atoms with Gasteiger partial charge in [0, 0.05) is 5.69 Å². The lowest BCUT2D eigenvalue weighted by molar-refractivity contribution is -0.116. The van der Waals surface area contributed by atoms with Crippen molar-refractivity contribution >= 4 is 27.5 Å². The van der Waals surface area contributed by atoms with Crippen LogP contribution in [0.3, 0.4) is 0 Å². The molecule has 4 nitrogen and oxygen atoms in total. The Morgan fingerprint density at radius 2 is 1.76 bits per heavy atom. The second kappa shape index (κ2) is 7.66. The minimum Gasteiger partial charge on any atom is -0.324 e. The number of rotatable bonds is 5. The van der Waals surface area contributed by atoms with Crippen LogP contribution in [0.4, 0.5) is 5.69 Å². The molecular weight excluding hydrogens is 378 g/mol. The monoisotopic (exact) mass is 397 g/mol. The Morgan fingerprint density at radius 3 is 2.44 bits per heavy atom. The molecule has 5 heteroatoms. The average Bonchev–Trinajstić information content (AvgIpc) is 2.84. The van der Waals surface area contributed by atoms with E-state index >= 15 is 0 Å². The third kappa shape index (κ3) is 4.17. The summed E-state index contributed by atoms with van der Waals surface area (Å²) in [6.45, 7) is 4.05. The van der Waals surface area contributed by atoms with Gasteiger partial charge in [0.2, 0.25) is 5.91 Å². The number of carbonyl (C=O) groups is 1. The summed E-state index contributed by atoms with van der Waals surface area (Å²) < 4.78 is 2.67. The maximum absolute atomic E-state index is 12.5. The van der Waals surface area contributed by atoms with Crippen molar-refractivity contribution in [1.29, 1.82) is 0 Å². The zero-order chi connectivity index (χ0) is 17.8. The van der Waals surface area contributed by atoms with Gasteiger partial charge in [-0.15, -0.1) is 0 Å². The molecule has 0 aliphatic rings. The van der Waals surface area contributed by atoms with Crippen LogP contribution in [0.2, 0.25) is 0 Å². The third-order valence-corrected chi connectivity index (χ3v) is 5.26. The number of carbonyl (C=O) groups excluding carboxylic acids is 1. The van der Waals surface area contributed by atoms with Gasteiger partial charge in [0.1, 0.15) is 6.54 Å². The number of aryl methyl sites for hydroxylation is 1. The van der Waals surface area contributed by atoms with E-state index in [1.54, 1.807) is 4.68 Å². The maximum Gasteiger partial charge on any atom is 0.246 e. The molecule has 1 amide bonds.